The van der Waals surface area contributed by atoms with Crippen molar-refractivity contribution in [1.29, 1.82) is 0 Å². The Morgan fingerprint density at radius 2 is 0.765 bits per heavy atom. The van der Waals surface area contributed by atoms with Gasteiger partial charge >= 0.3 is 0 Å². The molecule has 0 amide bonds. The van der Waals surface area contributed by atoms with E-state index in [1.54, 1.807) is 0 Å². The molecule has 3 heterocycles. The fraction of sp³-hybridized carbons (Fsp3) is 0.270. The molecule has 0 aliphatic rings. The number of hydrogen-bond donors (Lipinski definition) is 4. The summed E-state index contributed by atoms with van der Waals surface area (Å²) >= 11 is 0. The molecule has 0 bridgehead atoms. The van der Waals surface area contributed by atoms with Gasteiger partial charge in [-0.1, -0.05) is 193 Å². The van der Waals surface area contributed by atoms with E-state index < -0.39 is 0 Å². The number of hydrogen-bond acceptors (Lipinski definition) is 11. The average Bonchev–Trinajstić information content (AvgIpc) is 0.832. The third-order valence-electron chi connectivity index (χ3n) is 16.4. The Morgan fingerprint density at radius 3 is 1.16 bits per heavy atom. The first-order chi connectivity index (χ1) is 52.4. The van der Waals surface area contributed by atoms with Crippen molar-refractivity contribution in [2.45, 2.75) is 171 Å². The van der Waals surface area contributed by atoms with Gasteiger partial charge in [-0.15, -0.1) is 133 Å². The summed E-state index contributed by atoms with van der Waals surface area (Å²) in [7, 11) is 0. The number of pyridine rings is 3. The van der Waals surface area contributed by atoms with Crippen LogP contribution in [-0.2, 0) is 119 Å². The van der Waals surface area contributed by atoms with Gasteiger partial charge in [0.2, 0.25) is 0 Å². The molecule has 0 unspecified atom stereocenters. The minimum atomic E-state index is -0.125. The van der Waals surface area contributed by atoms with Gasteiger partial charge in [-0.2, -0.15) is 35.9 Å². The molecule has 0 saturated carbocycles. The molecule has 15 heteroatoms. The van der Waals surface area contributed by atoms with Crippen molar-refractivity contribution in [3.63, 3.8) is 0 Å². The second-order valence-electron chi connectivity index (χ2n) is 29.1. The first-order valence-corrected chi connectivity index (χ1v) is 37.6. The number of aliphatic hydroxyl groups excluding tert-OH is 4. The maximum Gasteiger partial charge on any atom is 0.155 e. The topological polar surface area (TPSA) is 188 Å². The zero-order chi connectivity index (χ0) is 82.2. The average molecular weight is 2250 g/mol. The Hall–Kier alpha value is -9.09. The third kappa shape index (κ3) is 38.5. The fourth-order valence-electron chi connectivity index (χ4n) is 12.0. The first-order valence-electron chi connectivity index (χ1n) is 37.6. The number of fused-ring (bicyclic) bond motifs is 4. The van der Waals surface area contributed by atoms with Crippen molar-refractivity contribution in [2.24, 2.45) is 11.8 Å². The number of benzene rings is 9. The first kappa shape index (κ1) is 104. The molecule has 9 aromatic carbocycles. The zero-order valence-corrected chi connectivity index (χ0v) is 79.7. The van der Waals surface area contributed by atoms with E-state index >= 15 is 0 Å². The summed E-state index contributed by atoms with van der Waals surface area (Å²) in [6.45, 7) is 39.4. The number of nitrogens with zero attached hydrogens (tertiary/aromatic N) is 3. The predicted molar refractivity (Wildman–Crippen MR) is 462 cm³/mol. The number of carbonyl (C=O) groups is 4. The molecular weight excluding hydrogens is 2140 g/mol. The molecule has 0 aliphatic heterocycles. The fourth-order valence-corrected chi connectivity index (χ4v) is 12.0. The molecule has 3 aromatic heterocycles. The van der Waals surface area contributed by atoms with Crippen LogP contribution in [0.5, 0.6) is 0 Å². The SMILES string of the molecule is CC(=O)C=C(C)O.CC(=O)C=C(C)O.CC(=O)C=C(C)O.CC(=O)C=C(C)O.CCCc1ccc2ccc(-c3[c-]c(C)cc(C)c3)nc2c1.Cc1[c-]c(-c2ccc3c(CC(C)C)cccc3n2)cc(C)c1.Cc1[c-]c(-c2ccc3ccc(CC(C)C)cc3n2)cc(C)c1.Cc1c[c-]c(-c2[c-]c3ccccc3cc2)cc1C.[Ir].[Ir].[Ir].[Ir]. The molecule has 0 aliphatic carbocycles. The summed E-state index contributed by atoms with van der Waals surface area (Å²) in [5.74, 6) is 1.06. The van der Waals surface area contributed by atoms with Crippen LogP contribution >= 0.6 is 0 Å². The summed E-state index contributed by atoms with van der Waals surface area (Å²) in [5.41, 5.74) is 25.6. The van der Waals surface area contributed by atoms with Gasteiger partial charge in [0.25, 0.3) is 0 Å². The number of aryl methyl sites for hydroxylation is 9. The van der Waals surface area contributed by atoms with E-state index in [1.165, 1.54) is 146 Å². The molecule has 0 fully saturated rings. The standard InChI is InChI=1S/2C21H22N.C20H20N.C18H14.4C5H8O2.4Ir/c1-14(2)9-17-5-6-18-7-8-20(22-21(18)13-17)19-11-15(3)10-16(4)12-19;1-14(2)10-17-6-5-7-21-19(17)8-9-20(22-21)18-12-15(3)11-16(4)13-18;1-4-5-16-6-7-17-8-9-19(21-20(17)13-16)18-11-14(2)10-15(3)12-18;1-13-7-8-17(11-14(13)2)18-10-9-15-5-3-4-6-16(15)12-18;4*1-4(6)3-5(2)7;;;;/h5-8,10-11,13-14H,9H2,1-4H3;5-9,11-12,14H,10H2,1-4H3;6-11,13H,4-5H2,1-3H3;3-7,9-11H,1-2H3;4*3,6H,1-2H3;;;;/q3*-1;-2;;;;;;;;. The zero-order valence-electron chi connectivity index (χ0n) is 70.1. The van der Waals surface area contributed by atoms with Crippen LogP contribution in [0.25, 0.3) is 88.4 Å². The number of carbonyl (C=O) groups excluding carboxylic acids is 4. The smallest absolute Gasteiger partial charge is 0.155 e. The Bertz CT molecular complexity index is 5080. The summed E-state index contributed by atoms with van der Waals surface area (Å²) in [6, 6.07) is 79.1. The molecule has 0 saturated heterocycles. The minimum absolute atomic E-state index is 0. The quantitative estimate of drug-likeness (QED) is 0.0461. The van der Waals surface area contributed by atoms with Crippen LogP contribution in [0.4, 0.5) is 0 Å². The Kier molecular flexibility index (Phi) is 47.4. The van der Waals surface area contributed by atoms with E-state index in [-0.39, 0.29) is 127 Å². The summed E-state index contributed by atoms with van der Waals surface area (Å²) in [4.78, 5) is 54.6. The second kappa shape index (κ2) is 52.5. The number of ketones is 4. The van der Waals surface area contributed by atoms with Gasteiger partial charge in [-0.3, -0.25) is 34.1 Å². The normalized spacial score (nSPS) is 10.8. The molecule has 115 heavy (non-hydrogen) atoms. The van der Waals surface area contributed by atoms with Gasteiger partial charge in [0.05, 0.1) is 39.6 Å². The molecule has 12 aromatic rings. The van der Waals surface area contributed by atoms with Crippen molar-refractivity contribution < 1.29 is 120 Å². The number of rotatable bonds is 14. The molecule has 4 N–H and O–H groups in total. The van der Waals surface area contributed by atoms with Crippen LogP contribution in [0.2, 0.25) is 0 Å². The molecule has 0 atom stereocenters. The molecular formula is C100H110Ir4N3O8-5. The maximum atomic E-state index is 10.0. The summed E-state index contributed by atoms with van der Waals surface area (Å²) < 4.78 is 0. The Labute approximate surface area is 737 Å². The Balaban J connectivity index is 0.000000684. The summed E-state index contributed by atoms with van der Waals surface area (Å²) in [6.07, 6.45) is 9.12. The van der Waals surface area contributed by atoms with Crippen molar-refractivity contribution in [2.75, 3.05) is 0 Å². The van der Waals surface area contributed by atoms with Crippen molar-refractivity contribution in [1.82, 2.24) is 15.0 Å². The van der Waals surface area contributed by atoms with Crippen LogP contribution in [-0.4, -0.2) is 58.5 Å². The minimum Gasteiger partial charge on any atom is -0.512 e. The van der Waals surface area contributed by atoms with Gasteiger partial charge in [0, 0.05) is 110 Å². The number of aliphatic hydroxyl groups is 4. The third-order valence-corrected chi connectivity index (χ3v) is 16.4. The largest absolute Gasteiger partial charge is 0.512 e. The van der Waals surface area contributed by atoms with Crippen molar-refractivity contribution in [3.05, 3.63) is 315 Å². The molecule has 0 spiro atoms. The second-order valence-corrected chi connectivity index (χ2v) is 29.1. The molecule has 614 valence electrons. The van der Waals surface area contributed by atoms with Crippen LogP contribution < -0.4 is 0 Å². The Morgan fingerprint density at radius 1 is 0.374 bits per heavy atom. The van der Waals surface area contributed by atoms with E-state index in [9.17, 15) is 19.2 Å². The molecule has 12 rings (SSSR count). The number of aromatic nitrogens is 3. The predicted octanol–water partition coefficient (Wildman–Crippen LogP) is 25.2. The van der Waals surface area contributed by atoms with Gasteiger partial charge in [0.15, 0.2) is 23.1 Å². The van der Waals surface area contributed by atoms with Gasteiger partial charge in [-0.25, -0.2) is 5.56 Å². The van der Waals surface area contributed by atoms with Crippen LogP contribution in [0, 0.1) is 97.6 Å². The summed E-state index contributed by atoms with van der Waals surface area (Å²) in [5, 5.41) is 39.5. The van der Waals surface area contributed by atoms with Crippen LogP contribution in [0.3, 0.4) is 0 Å². The van der Waals surface area contributed by atoms with Gasteiger partial charge in [0.1, 0.15) is 0 Å². The van der Waals surface area contributed by atoms with Crippen molar-refractivity contribution >= 4 is 66.6 Å². The maximum absolute atomic E-state index is 10.0. The number of allylic oxidation sites excluding steroid dienone is 8. The van der Waals surface area contributed by atoms with E-state index in [1.807, 2.05) is 12.1 Å². The van der Waals surface area contributed by atoms with Crippen LogP contribution in [0.15, 0.2) is 223 Å². The van der Waals surface area contributed by atoms with Crippen molar-refractivity contribution in [3.8, 4) is 44.9 Å². The van der Waals surface area contributed by atoms with E-state index in [4.69, 9.17) is 35.4 Å². The van der Waals surface area contributed by atoms with Crippen LogP contribution in [0.1, 0.15) is 158 Å². The van der Waals surface area contributed by atoms with Gasteiger partial charge in [-0.05, 0) is 149 Å². The van der Waals surface area contributed by atoms with Gasteiger partial charge < -0.3 is 20.4 Å². The monoisotopic (exact) mass is 2250 g/mol. The molecule has 4 radical (unpaired) electrons. The molecule has 11 nitrogen and oxygen atoms in total. The van der Waals surface area contributed by atoms with E-state index in [0.29, 0.717) is 11.8 Å². The van der Waals surface area contributed by atoms with E-state index in [2.05, 4.69) is 284 Å². The van der Waals surface area contributed by atoms with E-state index in [0.717, 1.165) is 109 Å².